The number of hydrogen-bond donors (Lipinski definition) is 0. The fourth-order valence-corrected chi connectivity index (χ4v) is 4.73. The van der Waals surface area contributed by atoms with E-state index < -0.39 is 34.9 Å². The zero-order chi connectivity index (χ0) is 25.3. The van der Waals surface area contributed by atoms with Crippen LogP contribution in [0.15, 0.2) is 36.4 Å². The lowest BCUT2D eigenvalue weighted by atomic mass is 9.92. The number of carbonyl (C=O) groups is 1. The molecule has 0 N–H and O–H groups in total. The number of nitrogens with zero attached hydrogens (tertiary/aromatic N) is 3. The number of ether oxygens (including phenoxy) is 1. The number of fused-ring (bicyclic) bond motifs is 1. The molecule has 0 radical (unpaired) electrons. The summed E-state index contributed by atoms with van der Waals surface area (Å²) >= 11 is 0. The van der Waals surface area contributed by atoms with Crippen molar-refractivity contribution in [3.05, 3.63) is 57.6 Å². The average Bonchev–Trinajstić information content (AvgIpc) is 2.82. The van der Waals surface area contributed by atoms with E-state index in [4.69, 9.17) is 0 Å². The van der Waals surface area contributed by atoms with E-state index in [1.807, 2.05) is 0 Å². The summed E-state index contributed by atoms with van der Waals surface area (Å²) in [5, 5.41) is 11.4. The molecule has 1 saturated heterocycles. The molecule has 35 heavy (non-hydrogen) atoms. The molecule has 2 aliphatic rings. The average molecular weight is 499 g/mol. The second-order valence-electron chi connectivity index (χ2n) is 8.46. The molecular formula is C23H22F5N3O4. The number of para-hydroxylation sites is 1. The van der Waals surface area contributed by atoms with Gasteiger partial charge < -0.3 is 14.5 Å². The number of hydrogen-bond acceptors (Lipinski definition) is 5. The van der Waals surface area contributed by atoms with Gasteiger partial charge in [-0.05, 0) is 49.4 Å². The topological polar surface area (TPSA) is 75.9 Å². The first kappa shape index (κ1) is 24.7. The van der Waals surface area contributed by atoms with Crippen molar-refractivity contribution in [1.82, 2.24) is 0 Å². The number of carbonyl (C=O) groups excluding carboxylic acids is 1. The van der Waals surface area contributed by atoms with E-state index in [0.29, 0.717) is 44.0 Å². The van der Waals surface area contributed by atoms with E-state index in [-0.39, 0.29) is 30.4 Å². The minimum Gasteiger partial charge on any atom is -0.433 e. The number of aryl methyl sites for hydroxylation is 1. The van der Waals surface area contributed by atoms with Gasteiger partial charge in [0.05, 0.1) is 16.2 Å². The first-order valence-corrected chi connectivity index (χ1v) is 11.0. The number of amides is 1. The highest BCUT2D eigenvalue weighted by molar-refractivity contribution is 5.98. The van der Waals surface area contributed by atoms with E-state index in [0.717, 1.165) is 17.7 Å². The summed E-state index contributed by atoms with van der Waals surface area (Å²) < 4.78 is 69.5. The van der Waals surface area contributed by atoms with Crippen molar-refractivity contribution < 1.29 is 36.4 Å². The van der Waals surface area contributed by atoms with Crippen LogP contribution in [0.1, 0.15) is 30.4 Å². The van der Waals surface area contributed by atoms with Crippen LogP contribution >= 0.6 is 0 Å². The third kappa shape index (κ3) is 5.15. The van der Waals surface area contributed by atoms with Crippen LogP contribution in [0.5, 0.6) is 5.75 Å². The van der Waals surface area contributed by atoms with Crippen molar-refractivity contribution in [3.63, 3.8) is 0 Å². The van der Waals surface area contributed by atoms with Gasteiger partial charge in [-0.1, -0.05) is 12.1 Å². The predicted molar refractivity (Wildman–Crippen MR) is 117 cm³/mol. The molecule has 0 aromatic heterocycles. The SMILES string of the molecule is O=C(C1CCN(c2ccc(C(F)(F)F)cc2[N+](=O)[O-])CC1)N1CCCc2cccc(OC(F)F)c21. The van der Waals surface area contributed by atoms with Crippen LogP contribution in [0.25, 0.3) is 0 Å². The Kier molecular flexibility index (Phi) is 6.82. The molecule has 0 bridgehead atoms. The van der Waals surface area contributed by atoms with Crippen LogP contribution in [0, 0.1) is 16.0 Å². The zero-order valence-electron chi connectivity index (χ0n) is 18.4. The van der Waals surface area contributed by atoms with E-state index in [9.17, 15) is 36.9 Å². The molecule has 0 saturated carbocycles. The third-order valence-electron chi connectivity index (χ3n) is 6.35. The Morgan fingerprint density at radius 3 is 2.46 bits per heavy atom. The lowest BCUT2D eigenvalue weighted by molar-refractivity contribution is -0.384. The monoisotopic (exact) mass is 499 g/mol. The van der Waals surface area contributed by atoms with Crippen molar-refractivity contribution >= 4 is 23.0 Å². The van der Waals surface area contributed by atoms with Gasteiger partial charge in [-0.3, -0.25) is 14.9 Å². The number of nitro groups is 1. The zero-order valence-corrected chi connectivity index (χ0v) is 18.4. The van der Waals surface area contributed by atoms with Gasteiger partial charge in [0.15, 0.2) is 0 Å². The van der Waals surface area contributed by atoms with Crippen LogP contribution < -0.4 is 14.5 Å². The van der Waals surface area contributed by atoms with E-state index in [1.54, 1.807) is 17.0 Å². The summed E-state index contributed by atoms with van der Waals surface area (Å²) in [7, 11) is 0. The third-order valence-corrected chi connectivity index (χ3v) is 6.35. The Balaban J connectivity index is 1.51. The number of halogens is 5. The highest BCUT2D eigenvalue weighted by Gasteiger charge is 2.36. The molecule has 2 heterocycles. The summed E-state index contributed by atoms with van der Waals surface area (Å²) in [4.78, 5) is 27.0. The van der Waals surface area contributed by atoms with Crippen molar-refractivity contribution in [1.29, 1.82) is 0 Å². The second kappa shape index (κ2) is 9.67. The summed E-state index contributed by atoms with van der Waals surface area (Å²) in [5.74, 6) is -0.786. The lowest BCUT2D eigenvalue weighted by Gasteiger charge is -2.37. The highest BCUT2D eigenvalue weighted by atomic mass is 19.4. The maximum Gasteiger partial charge on any atom is 0.416 e. The number of anilines is 2. The fourth-order valence-electron chi connectivity index (χ4n) is 4.73. The van der Waals surface area contributed by atoms with Crippen molar-refractivity contribution in [2.45, 2.75) is 38.5 Å². The molecule has 0 unspecified atom stereocenters. The highest BCUT2D eigenvalue weighted by Crippen LogP contribution is 2.40. The number of piperidine rings is 1. The van der Waals surface area contributed by atoms with Crippen molar-refractivity contribution in [2.75, 3.05) is 29.4 Å². The van der Waals surface area contributed by atoms with Crippen LogP contribution in [0.3, 0.4) is 0 Å². The van der Waals surface area contributed by atoms with Gasteiger partial charge in [0.1, 0.15) is 11.4 Å². The molecule has 0 spiro atoms. The predicted octanol–water partition coefficient (Wildman–Crippen LogP) is 5.41. The molecule has 188 valence electrons. The van der Waals surface area contributed by atoms with Crippen molar-refractivity contribution in [2.24, 2.45) is 5.92 Å². The normalized spacial score (nSPS) is 16.9. The molecule has 1 amide bonds. The molecule has 2 aliphatic heterocycles. The molecular weight excluding hydrogens is 477 g/mol. The Hall–Kier alpha value is -3.44. The summed E-state index contributed by atoms with van der Waals surface area (Å²) in [6, 6.07) is 7.15. The smallest absolute Gasteiger partial charge is 0.416 e. The molecule has 1 fully saturated rings. The summed E-state index contributed by atoms with van der Waals surface area (Å²) in [6.45, 7) is -2.25. The maximum absolute atomic E-state index is 13.4. The van der Waals surface area contributed by atoms with Crippen LogP contribution in [-0.2, 0) is 17.4 Å². The van der Waals surface area contributed by atoms with Gasteiger partial charge >= 0.3 is 12.8 Å². The largest absolute Gasteiger partial charge is 0.433 e. The minimum atomic E-state index is -4.71. The Bertz CT molecular complexity index is 1120. The number of alkyl halides is 5. The minimum absolute atomic E-state index is 0.0600. The van der Waals surface area contributed by atoms with Crippen LogP contribution in [0.4, 0.5) is 39.0 Å². The van der Waals surface area contributed by atoms with Gasteiger partial charge in [0.2, 0.25) is 5.91 Å². The molecule has 0 atom stereocenters. The van der Waals surface area contributed by atoms with Gasteiger partial charge in [0.25, 0.3) is 5.69 Å². The van der Waals surface area contributed by atoms with Gasteiger partial charge in [-0.25, -0.2) is 0 Å². The van der Waals surface area contributed by atoms with E-state index in [1.165, 1.54) is 11.0 Å². The molecule has 4 rings (SSSR count). The Morgan fingerprint density at radius 1 is 1.11 bits per heavy atom. The number of benzene rings is 2. The Labute approximate surface area is 197 Å². The van der Waals surface area contributed by atoms with Crippen LogP contribution in [0.2, 0.25) is 0 Å². The number of rotatable bonds is 5. The standard InChI is InChI=1S/C23H22F5N3O4/c24-22(25)35-19-5-1-3-14-4-2-10-30(20(14)19)21(32)15-8-11-29(12-9-15)17-7-6-16(23(26,27)28)13-18(17)31(33)34/h1,3,5-7,13,15,22H,2,4,8-12H2. The number of nitro benzene ring substituents is 1. The first-order chi connectivity index (χ1) is 16.6. The van der Waals surface area contributed by atoms with Gasteiger partial charge in [-0.2, -0.15) is 22.0 Å². The van der Waals surface area contributed by atoms with E-state index in [2.05, 4.69) is 4.74 Å². The van der Waals surface area contributed by atoms with E-state index >= 15 is 0 Å². The first-order valence-electron chi connectivity index (χ1n) is 11.0. The molecule has 0 aliphatic carbocycles. The molecule has 7 nitrogen and oxygen atoms in total. The van der Waals surface area contributed by atoms with Crippen LogP contribution in [-0.4, -0.2) is 37.1 Å². The van der Waals surface area contributed by atoms with Gasteiger partial charge in [-0.15, -0.1) is 0 Å². The second-order valence-corrected chi connectivity index (χ2v) is 8.46. The molecule has 2 aromatic carbocycles. The molecule has 2 aromatic rings. The lowest BCUT2D eigenvalue weighted by Crippen LogP contribution is -2.44. The van der Waals surface area contributed by atoms with Gasteiger partial charge in [0, 0.05) is 31.6 Å². The van der Waals surface area contributed by atoms with Crippen molar-refractivity contribution in [3.8, 4) is 5.75 Å². The maximum atomic E-state index is 13.4. The fraction of sp³-hybridized carbons (Fsp3) is 0.435. The summed E-state index contributed by atoms with van der Waals surface area (Å²) in [5.41, 5.74) is -0.623. The molecule has 12 heteroatoms. The quantitative estimate of drug-likeness (QED) is 0.312. The summed E-state index contributed by atoms with van der Waals surface area (Å²) in [6.07, 6.45) is -2.81. The Morgan fingerprint density at radius 2 is 1.83 bits per heavy atom.